The molecule has 1 aromatic carbocycles. The molecule has 0 aliphatic rings. The number of thioether (sulfide) groups is 1. The van der Waals surface area contributed by atoms with Gasteiger partial charge in [0.1, 0.15) is 16.4 Å². The number of hydrogen-bond acceptors (Lipinski definition) is 6. The largest absolute Gasteiger partial charge is 0.381 e. The van der Waals surface area contributed by atoms with E-state index < -0.39 is 0 Å². The number of nitrogens with two attached hydrogens (primary N) is 1. The maximum absolute atomic E-state index is 6.49. The first kappa shape index (κ1) is 17.8. The Labute approximate surface area is 165 Å². The molecule has 8 heteroatoms. The topological polar surface area (TPSA) is 82.5 Å². The van der Waals surface area contributed by atoms with Crippen molar-refractivity contribution in [2.45, 2.75) is 11.9 Å². The van der Waals surface area contributed by atoms with Gasteiger partial charge in [-0.05, 0) is 30.0 Å². The van der Waals surface area contributed by atoms with Crippen molar-refractivity contribution >= 4 is 40.1 Å². The highest BCUT2D eigenvalue weighted by Gasteiger charge is 2.18. The number of rotatable bonds is 4. The van der Waals surface area contributed by atoms with Gasteiger partial charge in [0, 0.05) is 30.4 Å². The number of aryl methyl sites for hydroxylation is 1. The number of halogens is 1. The number of pyridine rings is 1. The molecule has 0 atom stereocenters. The summed E-state index contributed by atoms with van der Waals surface area (Å²) >= 11 is 8.04. The summed E-state index contributed by atoms with van der Waals surface area (Å²) < 4.78 is 1.73. The molecule has 3 heterocycles. The molecule has 0 saturated carbocycles. The molecule has 2 N–H and O–H groups in total. The number of nitrogen functional groups attached to an aromatic ring is 1. The quantitative estimate of drug-likeness (QED) is 0.513. The summed E-state index contributed by atoms with van der Waals surface area (Å²) in [6.45, 7) is 2.05. The highest BCUT2D eigenvalue weighted by molar-refractivity contribution is 7.99. The van der Waals surface area contributed by atoms with E-state index >= 15 is 0 Å². The first-order valence-electron chi connectivity index (χ1n) is 8.41. The number of nitrogens with zero attached hydrogens (tertiary/aromatic N) is 5. The summed E-state index contributed by atoms with van der Waals surface area (Å²) in [6, 6.07) is 9.63. The van der Waals surface area contributed by atoms with Gasteiger partial charge in [-0.2, -0.15) is 5.10 Å². The second-order valence-corrected chi connectivity index (χ2v) is 7.61. The molecule has 4 aromatic rings. The SMILES string of the molecule is CCSc1nc(-c2cc(Cl)c3ncccc3c2)c(-c2ccn(C)n2)nc1N. The van der Waals surface area contributed by atoms with E-state index in [-0.39, 0.29) is 0 Å². The number of aromatic nitrogens is 5. The minimum atomic E-state index is 0.403. The zero-order chi connectivity index (χ0) is 19.0. The molecule has 0 bridgehead atoms. The van der Waals surface area contributed by atoms with E-state index in [9.17, 15) is 0 Å². The minimum Gasteiger partial charge on any atom is -0.381 e. The van der Waals surface area contributed by atoms with Gasteiger partial charge < -0.3 is 5.73 Å². The summed E-state index contributed by atoms with van der Waals surface area (Å²) in [5.74, 6) is 1.25. The van der Waals surface area contributed by atoms with Crippen LogP contribution in [0.15, 0.2) is 47.8 Å². The van der Waals surface area contributed by atoms with Crippen molar-refractivity contribution in [3.8, 4) is 22.6 Å². The third-order valence-electron chi connectivity index (χ3n) is 4.06. The molecule has 0 spiro atoms. The van der Waals surface area contributed by atoms with Crippen LogP contribution < -0.4 is 5.73 Å². The van der Waals surface area contributed by atoms with Crippen LogP contribution >= 0.6 is 23.4 Å². The molecule has 3 aromatic heterocycles. The Hall–Kier alpha value is -2.64. The van der Waals surface area contributed by atoms with Gasteiger partial charge in [0.05, 0.1) is 16.2 Å². The second kappa shape index (κ2) is 7.17. The zero-order valence-corrected chi connectivity index (χ0v) is 16.4. The third kappa shape index (κ3) is 3.36. The normalized spacial score (nSPS) is 11.2. The van der Waals surface area contributed by atoms with Crippen molar-refractivity contribution in [1.82, 2.24) is 24.7 Å². The Morgan fingerprint density at radius 3 is 2.78 bits per heavy atom. The number of benzene rings is 1. The summed E-state index contributed by atoms with van der Waals surface area (Å²) in [7, 11) is 1.86. The molecule has 6 nitrogen and oxygen atoms in total. The molecule has 4 rings (SSSR count). The fourth-order valence-corrected chi connectivity index (χ4v) is 3.78. The monoisotopic (exact) mass is 396 g/mol. The predicted octanol–water partition coefficient (Wildman–Crippen LogP) is 4.44. The van der Waals surface area contributed by atoms with Crippen LogP contribution in [0.3, 0.4) is 0 Å². The van der Waals surface area contributed by atoms with Gasteiger partial charge in [0.15, 0.2) is 5.82 Å². The van der Waals surface area contributed by atoms with Crippen LogP contribution in [0.5, 0.6) is 0 Å². The maximum Gasteiger partial charge on any atom is 0.156 e. The molecule has 27 heavy (non-hydrogen) atoms. The van der Waals surface area contributed by atoms with Gasteiger partial charge in [0.2, 0.25) is 0 Å². The lowest BCUT2D eigenvalue weighted by Crippen LogP contribution is -2.03. The predicted molar refractivity (Wildman–Crippen MR) is 111 cm³/mol. The fourth-order valence-electron chi connectivity index (χ4n) is 2.88. The van der Waals surface area contributed by atoms with E-state index in [1.165, 1.54) is 0 Å². The van der Waals surface area contributed by atoms with Crippen molar-refractivity contribution in [2.24, 2.45) is 7.05 Å². The van der Waals surface area contributed by atoms with Crippen molar-refractivity contribution in [1.29, 1.82) is 0 Å². The van der Waals surface area contributed by atoms with E-state index in [4.69, 9.17) is 22.3 Å². The average molecular weight is 397 g/mol. The maximum atomic E-state index is 6.49. The lowest BCUT2D eigenvalue weighted by Gasteiger charge is -2.12. The van der Waals surface area contributed by atoms with Crippen LogP contribution in [-0.4, -0.2) is 30.5 Å². The summed E-state index contributed by atoms with van der Waals surface area (Å²) in [6.07, 6.45) is 3.59. The lowest BCUT2D eigenvalue weighted by atomic mass is 10.0. The summed E-state index contributed by atoms with van der Waals surface area (Å²) in [5, 5.41) is 6.69. The molecule has 0 saturated heterocycles. The van der Waals surface area contributed by atoms with E-state index in [0.29, 0.717) is 32.9 Å². The number of hydrogen-bond donors (Lipinski definition) is 1. The Balaban J connectivity index is 1.99. The van der Waals surface area contributed by atoms with E-state index in [1.54, 1.807) is 22.6 Å². The number of anilines is 1. The Kier molecular flexibility index (Phi) is 4.72. The van der Waals surface area contributed by atoms with E-state index in [1.807, 2.05) is 43.6 Å². The van der Waals surface area contributed by atoms with Gasteiger partial charge in [0.25, 0.3) is 0 Å². The first-order chi connectivity index (χ1) is 13.1. The lowest BCUT2D eigenvalue weighted by molar-refractivity contribution is 0.769. The Morgan fingerprint density at radius 1 is 1.19 bits per heavy atom. The first-order valence-corrected chi connectivity index (χ1v) is 9.78. The van der Waals surface area contributed by atoms with Crippen LogP contribution in [-0.2, 0) is 7.05 Å². The van der Waals surface area contributed by atoms with Crippen molar-refractivity contribution in [3.05, 3.63) is 47.7 Å². The average Bonchev–Trinajstić information content (AvgIpc) is 3.09. The molecule has 0 unspecified atom stereocenters. The standard InChI is InChI=1S/C19H17ClN6S/c1-3-27-19-18(21)23-17(14-6-8-26(2)25-14)16(24-19)12-9-11-5-4-7-22-15(11)13(20)10-12/h4-10H,3H2,1-2H3,(H2,21,23). The molecule has 0 radical (unpaired) electrons. The van der Waals surface area contributed by atoms with Gasteiger partial charge in [-0.1, -0.05) is 24.6 Å². The number of fused-ring (bicyclic) bond motifs is 1. The summed E-state index contributed by atoms with van der Waals surface area (Å²) in [5.41, 5.74) is 9.81. The molecule has 0 fully saturated rings. The zero-order valence-electron chi connectivity index (χ0n) is 14.8. The minimum absolute atomic E-state index is 0.403. The van der Waals surface area contributed by atoms with Gasteiger partial charge in [-0.25, -0.2) is 9.97 Å². The molecule has 136 valence electrons. The van der Waals surface area contributed by atoms with Crippen LogP contribution in [0, 0.1) is 0 Å². The van der Waals surface area contributed by atoms with Crippen molar-refractivity contribution in [2.75, 3.05) is 11.5 Å². The molecule has 0 amide bonds. The highest BCUT2D eigenvalue weighted by Crippen LogP contribution is 2.36. The van der Waals surface area contributed by atoms with E-state index in [0.717, 1.165) is 22.2 Å². The molecule has 0 aliphatic heterocycles. The smallest absolute Gasteiger partial charge is 0.156 e. The van der Waals surface area contributed by atoms with E-state index in [2.05, 4.69) is 22.0 Å². The second-order valence-electron chi connectivity index (χ2n) is 5.95. The molecule has 0 aliphatic carbocycles. The third-order valence-corrected chi connectivity index (χ3v) is 5.21. The van der Waals surface area contributed by atoms with Crippen molar-refractivity contribution in [3.63, 3.8) is 0 Å². The fraction of sp³-hybridized carbons (Fsp3) is 0.158. The van der Waals surface area contributed by atoms with Crippen LogP contribution in [0.4, 0.5) is 5.82 Å². The Bertz CT molecular complexity index is 1140. The Morgan fingerprint density at radius 2 is 2.04 bits per heavy atom. The van der Waals surface area contributed by atoms with Crippen LogP contribution in [0.25, 0.3) is 33.5 Å². The van der Waals surface area contributed by atoms with Gasteiger partial charge >= 0.3 is 0 Å². The molecular formula is C19H17ClN6S. The summed E-state index contributed by atoms with van der Waals surface area (Å²) in [4.78, 5) is 13.8. The highest BCUT2D eigenvalue weighted by atomic mass is 35.5. The van der Waals surface area contributed by atoms with Gasteiger partial charge in [-0.15, -0.1) is 11.8 Å². The molecular weight excluding hydrogens is 380 g/mol. The van der Waals surface area contributed by atoms with Crippen LogP contribution in [0.1, 0.15) is 6.92 Å². The van der Waals surface area contributed by atoms with Crippen LogP contribution in [0.2, 0.25) is 5.02 Å². The van der Waals surface area contributed by atoms with Gasteiger partial charge in [-0.3, -0.25) is 9.67 Å². The van der Waals surface area contributed by atoms with Crippen molar-refractivity contribution < 1.29 is 0 Å².